The number of rotatable bonds is 5. The van der Waals surface area contributed by atoms with Crippen molar-refractivity contribution in [1.29, 1.82) is 0 Å². The highest BCUT2D eigenvalue weighted by molar-refractivity contribution is 7.69. The average Bonchev–Trinajstić information content (AvgIpc) is 2.48. The Balaban J connectivity index is 2.33. The van der Waals surface area contributed by atoms with E-state index in [1.54, 1.807) is 0 Å². The highest BCUT2D eigenvalue weighted by Crippen LogP contribution is 2.30. The van der Waals surface area contributed by atoms with E-state index in [4.69, 9.17) is 0 Å². The van der Waals surface area contributed by atoms with Crippen molar-refractivity contribution < 1.29 is 8.42 Å². The fourth-order valence-corrected chi connectivity index (χ4v) is 3.22. The van der Waals surface area contributed by atoms with E-state index >= 15 is 0 Å². The van der Waals surface area contributed by atoms with E-state index in [0.29, 0.717) is 0 Å². The Morgan fingerprint density at radius 2 is 1.10 bits per heavy atom. The molecule has 0 saturated heterocycles. The highest BCUT2D eigenvalue weighted by atomic mass is 32.2. The number of hydrogen-bond donors (Lipinski definition) is 1. The van der Waals surface area contributed by atoms with Gasteiger partial charge in [-0.3, -0.25) is 0 Å². The molecule has 2 unspecified atom stereocenters. The molecule has 0 bridgehead atoms. The second kappa shape index (κ2) is 6.68. The molecule has 20 heavy (non-hydrogen) atoms. The van der Waals surface area contributed by atoms with E-state index in [-0.39, 0.29) is 12.1 Å². The maximum absolute atomic E-state index is 11.7. The Labute approximate surface area is 122 Å². The third kappa shape index (κ3) is 3.26. The Morgan fingerprint density at radius 1 is 0.750 bits per heavy atom. The maximum atomic E-state index is 11.7. The van der Waals surface area contributed by atoms with Gasteiger partial charge in [-0.1, -0.05) is 60.7 Å². The average molecular weight is 289 g/mol. The second-order valence-corrected chi connectivity index (χ2v) is 5.73. The van der Waals surface area contributed by atoms with Crippen molar-refractivity contribution in [2.45, 2.75) is 25.9 Å². The molecule has 0 aliphatic heterocycles. The SMILES string of the molecule is CC(c1ccccc1)N(C(C)c1ccccc1)[SH](=O)=O. The minimum Gasteiger partial charge on any atom is -0.215 e. The summed E-state index contributed by atoms with van der Waals surface area (Å²) in [5.74, 6) is 0. The van der Waals surface area contributed by atoms with E-state index in [1.165, 1.54) is 4.31 Å². The lowest BCUT2D eigenvalue weighted by Gasteiger charge is -2.29. The van der Waals surface area contributed by atoms with Crippen molar-refractivity contribution in [3.05, 3.63) is 71.8 Å². The first-order valence-electron chi connectivity index (χ1n) is 6.63. The van der Waals surface area contributed by atoms with Gasteiger partial charge in [0, 0.05) is 12.1 Å². The largest absolute Gasteiger partial charge is 0.215 e. The summed E-state index contributed by atoms with van der Waals surface area (Å²) in [7, 11) is -2.66. The van der Waals surface area contributed by atoms with Crippen molar-refractivity contribution in [2.24, 2.45) is 0 Å². The van der Waals surface area contributed by atoms with Crippen molar-refractivity contribution >= 4 is 10.9 Å². The highest BCUT2D eigenvalue weighted by Gasteiger charge is 2.24. The second-order valence-electron chi connectivity index (χ2n) is 4.79. The van der Waals surface area contributed by atoms with Gasteiger partial charge >= 0.3 is 0 Å². The van der Waals surface area contributed by atoms with E-state index in [0.717, 1.165) is 11.1 Å². The number of nitrogens with zero attached hydrogens (tertiary/aromatic N) is 1. The quantitative estimate of drug-likeness (QED) is 0.857. The van der Waals surface area contributed by atoms with Crippen molar-refractivity contribution in [1.82, 2.24) is 4.31 Å². The molecule has 2 aromatic rings. The molecule has 0 heterocycles. The lowest BCUT2D eigenvalue weighted by Crippen LogP contribution is -2.28. The maximum Gasteiger partial charge on any atom is 0.205 e. The van der Waals surface area contributed by atoms with Gasteiger partial charge in [0.05, 0.1) is 0 Å². The zero-order valence-electron chi connectivity index (χ0n) is 11.6. The van der Waals surface area contributed by atoms with Crippen LogP contribution in [0.3, 0.4) is 0 Å². The number of thiol groups is 1. The van der Waals surface area contributed by atoms with E-state index in [1.807, 2.05) is 74.5 Å². The zero-order chi connectivity index (χ0) is 14.5. The number of hydrogen-bond acceptors (Lipinski definition) is 2. The van der Waals surface area contributed by atoms with Gasteiger partial charge in [0.2, 0.25) is 10.9 Å². The molecular formula is C16H19NO2S. The van der Waals surface area contributed by atoms with Gasteiger partial charge in [-0.25, -0.2) is 8.42 Å². The molecule has 3 nitrogen and oxygen atoms in total. The van der Waals surface area contributed by atoms with Crippen LogP contribution in [0.2, 0.25) is 0 Å². The van der Waals surface area contributed by atoms with Gasteiger partial charge in [-0.2, -0.15) is 4.31 Å². The summed E-state index contributed by atoms with van der Waals surface area (Å²) >= 11 is 0. The monoisotopic (exact) mass is 289 g/mol. The molecular weight excluding hydrogens is 270 g/mol. The third-order valence-electron chi connectivity index (χ3n) is 3.55. The summed E-state index contributed by atoms with van der Waals surface area (Å²) in [6, 6.07) is 19.0. The first-order chi connectivity index (χ1) is 9.61. The molecule has 0 N–H and O–H groups in total. The molecule has 0 aliphatic carbocycles. The lowest BCUT2D eigenvalue weighted by molar-refractivity contribution is 0.289. The predicted molar refractivity (Wildman–Crippen MR) is 81.9 cm³/mol. The summed E-state index contributed by atoms with van der Waals surface area (Å²) in [6.07, 6.45) is 0. The molecule has 0 fully saturated rings. The van der Waals surface area contributed by atoms with Gasteiger partial charge in [0.1, 0.15) is 0 Å². The van der Waals surface area contributed by atoms with Crippen LogP contribution in [-0.2, 0) is 10.9 Å². The smallest absolute Gasteiger partial charge is 0.205 e. The molecule has 2 atom stereocenters. The predicted octanol–water partition coefficient (Wildman–Crippen LogP) is 3.34. The van der Waals surface area contributed by atoms with Crippen molar-refractivity contribution in [2.75, 3.05) is 0 Å². The van der Waals surface area contributed by atoms with Crippen molar-refractivity contribution in [3.8, 4) is 0 Å². The van der Waals surface area contributed by atoms with Crippen LogP contribution in [0.1, 0.15) is 37.1 Å². The first-order valence-corrected chi connectivity index (χ1v) is 7.77. The molecule has 0 radical (unpaired) electrons. The Bertz CT molecular complexity index is 557. The molecule has 0 aliphatic rings. The molecule has 4 heteroatoms. The Morgan fingerprint density at radius 3 is 1.40 bits per heavy atom. The van der Waals surface area contributed by atoms with Crippen LogP contribution in [0.5, 0.6) is 0 Å². The Kier molecular flexibility index (Phi) is 4.93. The van der Waals surface area contributed by atoms with Crippen LogP contribution in [0, 0.1) is 0 Å². The van der Waals surface area contributed by atoms with Crippen LogP contribution in [-0.4, -0.2) is 12.7 Å². The topological polar surface area (TPSA) is 37.4 Å². The van der Waals surface area contributed by atoms with Gasteiger partial charge < -0.3 is 0 Å². The summed E-state index contributed by atoms with van der Waals surface area (Å²) in [5, 5.41) is 0. The van der Waals surface area contributed by atoms with Gasteiger partial charge in [0.15, 0.2) is 0 Å². The molecule has 0 saturated carbocycles. The van der Waals surface area contributed by atoms with Crippen LogP contribution in [0.25, 0.3) is 0 Å². The van der Waals surface area contributed by atoms with Crippen LogP contribution in [0.15, 0.2) is 60.7 Å². The van der Waals surface area contributed by atoms with Gasteiger partial charge in [-0.05, 0) is 25.0 Å². The molecule has 0 aromatic heterocycles. The first kappa shape index (κ1) is 14.8. The van der Waals surface area contributed by atoms with E-state index in [9.17, 15) is 8.42 Å². The molecule has 2 rings (SSSR count). The molecule has 2 aromatic carbocycles. The standard InChI is InChI=1S/C16H19NO2S/c1-13(15-9-5-3-6-10-15)17(20(18)19)14(2)16-11-7-4-8-12-16/h3-14,20H,1-2H3. The van der Waals surface area contributed by atoms with Crippen LogP contribution < -0.4 is 0 Å². The van der Waals surface area contributed by atoms with E-state index < -0.39 is 10.9 Å². The summed E-state index contributed by atoms with van der Waals surface area (Å²) in [6.45, 7) is 3.83. The normalized spacial score (nSPS) is 14.4. The summed E-state index contributed by atoms with van der Waals surface area (Å²) in [5.41, 5.74) is 1.99. The lowest BCUT2D eigenvalue weighted by atomic mass is 10.0. The number of benzene rings is 2. The fourth-order valence-electron chi connectivity index (χ4n) is 2.39. The van der Waals surface area contributed by atoms with Crippen molar-refractivity contribution in [3.63, 3.8) is 0 Å². The van der Waals surface area contributed by atoms with Crippen LogP contribution in [0.4, 0.5) is 0 Å². The van der Waals surface area contributed by atoms with E-state index in [2.05, 4.69) is 0 Å². The molecule has 0 amide bonds. The minimum absolute atomic E-state index is 0.187. The minimum atomic E-state index is -2.66. The molecule has 106 valence electrons. The zero-order valence-corrected chi connectivity index (χ0v) is 12.5. The van der Waals surface area contributed by atoms with Crippen LogP contribution >= 0.6 is 0 Å². The third-order valence-corrected chi connectivity index (χ3v) is 4.62. The summed E-state index contributed by atoms with van der Waals surface area (Å²) in [4.78, 5) is 0. The molecule has 0 spiro atoms. The summed E-state index contributed by atoms with van der Waals surface area (Å²) < 4.78 is 24.9. The van der Waals surface area contributed by atoms with Gasteiger partial charge in [0.25, 0.3) is 0 Å². The Hall–Kier alpha value is -1.65. The fraction of sp³-hybridized carbons (Fsp3) is 0.250. The van der Waals surface area contributed by atoms with Gasteiger partial charge in [-0.15, -0.1) is 0 Å².